The van der Waals surface area contributed by atoms with Crippen LogP contribution in [0.25, 0.3) is 0 Å². The zero-order valence-electron chi connectivity index (χ0n) is 11.0. The fraction of sp³-hybridized carbons (Fsp3) is 0.923. The largest absolute Gasteiger partial charge is 0.385 e. The average Bonchev–Trinajstić information content (AvgIpc) is 2.39. The van der Waals surface area contributed by atoms with E-state index in [1.165, 1.54) is 6.42 Å². The lowest BCUT2D eigenvalue weighted by molar-refractivity contribution is -0.132. The van der Waals surface area contributed by atoms with Gasteiger partial charge in [0, 0.05) is 26.8 Å². The first-order valence-electron chi connectivity index (χ1n) is 6.72. The van der Waals surface area contributed by atoms with Gasteiger partial charge >= 0.3 is 0 Å². The first kappa shape index (κ1) is 14.5. The molecule has 4 heteroatoms. The minimum Gasteiger partial charge on any atom is -0.385 e. The molecule has 0 aromatic heterocycles. The lowest BCUT2D eigenvalue weighted by atomic mass is 9.73. The molecule has 0 unspecified atom stereocenters. The third-order valence-corrected chi connectivity index (χ3v) is 3.74. The Hall–Kier alpha value is -0.610. The highest BCUT2D eigenvalue weighted by atomic mass is 16.5. The van der Waals surface area contributed by atoms with Gasteiger partial charge in [-0.05, 0) is 25.7 Å². The number of hydrogen-bond acceptors (Lipinski definition) is 3. The van der Waals surface area contributed by atoms with Crippen LogP contribution in [0.3, 0.4) is 0 Å². The summed E-state index contributed by atoms with van der Waals surface area (Å²) in [5, 5.41) is 3.03. The number of hydrogen-bond donors (Lipinski definition) is 2. The van der Waals surface area contributed by atoms with Crippen LogP contribution in [0.1, 0.15) is 44.9 Å². The molecule has 1 aliphatic rings. The number of carbonyl (C=O) groups excluding carboxylic acids is 1. The van der Waals surface area contributed by atoms with Gasteiger partial charge in [0.15, 0.2) is 0 Å². The van der Waals surface area contributed by atoms with Gasteiger partial charge in [0.2, 0.25) is 5.91 Å². The van der Waals surface area contributed by atoms with Gasteiger partial charge < -0.3 is 15.8 Å². The van der Waals surface area contributed by atoms with Crippen LogP contribution in [-0.2, 0) is 9.53 Å². The molecule has 1 saturated carbocycles. The first-order valence-corrected chi connectivity index (χ1v) is 6.72. The predicted molar refractivity (Wildman–Crippen MR) is 68.7 cm³/mol. The van der Waals surface area contributed by atoms with E-state index in [1.807, 2.05) is 0 Å². The number of amides is 1. The second kappa shape index (κ2) is 7.67. The molecule has 0 bridgehead atoms. The zero-order valence-corrected chi connectivity index (χ0v) is 11.0. The third kappa shape index (κ3) is 4.28. The molecule has 3 N–H and O–H groups in total. The van der Waals surface area contributed by atoms with E-state index < -0.39 is 0 Å². The Morgan fingerprint density at radius 3 is 2.59 bits per heavy atom. The summed E-state index contributed by atoms with van der Waals surface area (Å²) in [6.07, 6.45) is 7.37. The maximum Gasteiger partial charge on any atom is 0.227 e. The van der Waals surface area contributed by atoms with Gasteiger partial charge in [-0.15, -0.1) is 0 Å². The molecular weight excluding hydrogens is 216 g/mol. The summed E-state index contributed by atoms with van der Waals surface area (Å²) in [6, 6.07) is 0. The SMILES string of the molecule is COCCCCNC(=O)C1(CN)CCCCC1. The number of carbonyl (C=O) groups is 1. The van der Waals surface area contributed by atoms with Crippen molar-refractivity contribution in [1.29, 1.82) is 0 Å². The van der Waals surface area contributed by atoms with Crippen LogP contribution in [0.2, 0.25) is 0 Å². The van der Waals surface area contributed by atoms with Crippen LogP contribution in [0.15, 0.2) is 0 Å². The van der Waals surface area contributed by atoms with Gasteiger partial charge in [0.05, 0.1) is 5.41 Å². The Morgan fingerprint density at radius 1 is 1.29 bits per heavy atom. The molecular formula is C13H26N2O2. The Bertz CT molecular complexity index is 225. The molecule has 17 heavy (non-hydrogen) atoms. The van der Waals surface area contributed by atoms with Crippen molar-refractivity contribution in [3.05, 3.63) is 0 Å². The minimum absolute atomic E-state index is 0.164. The average molecular weight is 242 g/mol. The van der Waals surface area contributed by atoms with E-state index in [4.69, 9.17) is 10.5 Å². The van der Waals surface area contributed by atoms with E-state index in [0.29, 0.717) is 6.54 Å². The van der Waals surface area contributed by atoms with Crippen LogP contribution in [0, 0.1) is 5.41 Å². The molecule has 0 spiro atoms. The molecule has 4 nitrogen and oxygen atoms in total. The van der Waals surface area contributed by atoms with Crippen molar-refractivity contribution in [2.45, 2.75) is 44.9 Å². The molecule has 100 valence electrons. The van der Waals surface area contributed by atoms with Crippen molar-refractivity contribution in [3.8, 4) is 0 Å². The normalized spacial score (nSPS) is 18.9. The number of nitrogens with two attached hydrogens (primary N) is 1. The lowest BCUT2D eigenvalue weighted by Crippen LogP contribution is -2.47. The van der Waals surface area contributed by atoms with Crippen molar-refractivity contribution in [3.63, 3.8) is 0 Å². The van der Waals surface area contributed by atoms with Gasteiger partial charge in [-0.3, -0.25) is 4.79 Å². The standard InChI is InChI=1S/C13H26N2O2/c1-17-10-6-5-9-15-12(16)13(11-14)7-3-2-4-8-13/h2-11,14H2,1H3,(H,15,16). The molecule has 0 atom stereocenters. The number of rotatable bonds is 7. The molecule has 0 aromatic carbocycles. The van der Waals surface area contributed by atoms with E-state index in [9.17, 15) is 4.79 Å². The number of methoxy groups -OCH3 is 1. The molecule has 1 amide bonds. The van der Waals surface area contributed by atoms with Gasteiger partial charge in [-0.25, -0.2) is 0 Å². The molecule has 0 aromatic rings. The van der Waals surface area contributed by atoms with Crippen molar-refractivity contribution in [2.75, 3.05) is 26.8 Å². The number of nitrogens with one attached hydrogen (secondary N) is 1. The van der Waals surface area contributed by atoms with E-state index >= 15 is 0 Å². The Morgan fingerprint density at radius 2 is 2.00 bits per heavy atom. The monoisotopic (exact) mass is 242 g/mol. The maximum absolute atomic E-state index is 12.2. The van der Waals surface area contributed by atoms with Gasteiger partial charge in [0.1, 0.15) is 0 Å². The molecule has 1 fully saturated rings. The lowest BCUT2D eigenvalue weighted by Gasteiger charge is -2.34. The molecule has 0 aliphatic heterocycles. The van der Waals surface area contributed by atoms with E-state index in [-0.39, 0.29) is 11.3 Å². The summed E-state index contributed by atoms with van der Waals surface area (Å²) in [5.41, 5.74) is 5.53. The zero-order chi connectivity index (χ0) is 12.6. The predicted octanol–water partition coefficient (Wildman–Crippen LogP) is 1.44. The highest BCUT2D eigenvalue weighted by Gasteiger charge is 2.37. The van der Waals surface area contributed by atoms with Crippen LogP contribution in [-0.4, -0.2) is 32.7 Å². The summed E-state index contributed by atoms with van der Waals surface area (Å²) in [4.78, 5) is 12.2. The van der Waals surface area contributed by atoms with Crippen LogP contribution < -0.4 is 11.1 Å². The van der Waals surface area contributed by atoms with Gasteiger partial charge in [-0.1, -0.05) is 19.3 Å². The molecule has 1 rings (SSSR count). The highest BCUT2D eigenvalue weighted by Crippen LogP contribution is 2.35. The topological polar surface area (TPSA) is 64.3 Å². The van der Waals surface area contributed by atoms with Crippen molar-refractivity contribution in [1.82, 2.24) is 5.32 Å². The summed E-state index contributed by atoms with van der Waals surface area (Å²) < 4.78 is 4.97. The molecule has 0 radical (unpaired) electrons. The first-order chi connectivity index (χ1) is 8.25. The fourth-order valence-corrected chi connectivity index (χ4v) is 2.51. The van der Waals surface area contributed by atoms with Crippen LogP contribution in [0.5, 0.6) is 0 Å². The van der Waals surface area contributed by atoms with Crippen molar-refractivity contribution < 1.29 is 9.53 Å². The maximum atomic E-state index is 12.2. The minimum atomic E-state index is -0.278. The van der Waals surface area contributed by atoms with E-state index in [2.05, 4.69) is 5.32 Å². The van der Waals surface area contributed by atoms with E-state index in [0.717, 1.165) is 51.7 Å². The fourth-order valence-electron chi connectivity index (χ4n) is 2.51. The summed E-state index contributed by atoms with van der Waals surface area (Å²) >= 11 is 0. The number of ether oxygens (including phenoxy) is 1. The van der Waals surface area contributed by atoms with Crippen molar-refractivity contribution in [2.24, 2.45) is 11.1 Å². The Labute approximate surface area is 104 Å². The summed E-state index contributed by atoms with van der Waals surface area (Å²) in [5.74, 6) is 0.164. The van der Waals surface area contributed by atoms with Gasteiger partial charge in [0.25, 0.3) is 0 Å². The van der Waals surface area contributed by atoms with Crippen LogP contribution in [0.4, 0.5) is 0 Å². The third-order valence-electron chi connectivity index (χ3n) is 3.74. The van der Waals surface area contributed by atoms with E-state index in [1.54, 1.807) is 7.11 Å². The molecule has 0 heterocycles. The smallest absolute Gasteiger partial charge is 0.227 e. The molecule has 0 saturated heterocycles. The Balaban J connectivity index is 2.28. The quantitative estimate of drug-likeness (QED) is 0.664. The summed E-state index contributed by atoms with van der Waals surface area (Å²) in [7, 11) is 1.70. The second-order valence-electron chi connectivity index (χ2n) is 5.00. The highest BCUT2D eigenvalue weighted by molar-refractivity contribution is 5.82. The van der Waals surface area contributed by atoms with Crippen LogP contribution >= 0.6 is 0 Å². The summed E-state index contributed by atoms with van der Waals surface area (Å²) in [6.45, 7) is 1.98. The van der Waals surface area contributed by atoms with Gasteiger partial charge in [-0.2, -0.15) is 0 Å². The van der Waals surface area contributed by atoms with Crippen molar-refractivity contribution >= 4 is 5.91 Å². The number of unbranched alkanes of at least 4 members (excludes halogenated alkanes) is 1. The second-order valence-corrected chi connectivity index (χ2v) is 5.00. The Kier molecular flexibility index (Phi) is 6.52. The molecule has 1 aliphatic carbocycles.